The van der Waals surface area contributed by atoms with E-state index < -0.39 is 5.97 Å². The third-order valence-electron chi connectivity index (χ3n) is 4.67. The first kappa shape index (κ1) is 17.9. The van der Waals surface area contributed by atoms with Crippen LogP contribution in [0.3, 0.4) is 0 Å². The van der Waals surface area contributed by atoms with Crippen LogP contribution in [0.4, 0.5) is 0 Å². The van der Waals surface area contributed by atoms with E-state index in [-0.39, 0.29) is 18.5 Å². The molecule has 134 valence electrons. The van der Waals surface area contributed by atoms with Crippen molar-refractivity contribution in [1.82, 2.24) is 4.57 Å². The predicted octanol–water partition coefficient (Wildman–Crippen LogP) is 3.69. The Morgan fingerprint density at radius 3 is 2.80 bits per heavy atom. The molecule has 2 aromatic rings. The Morgan fingerprint density at radius 1 is 1.36 bits per heavy atom. The fraction of sp³-hybridized carbons (Fsp3) is 0.474. The van der Waals surface area contributed by atoms with Crippen LogP contribution in [0.2, 0.25) is 0 Å². The molecule has 1 saturated heterocycles. The first-order valence-corrected chi connectivity index (χ1v) is 9.38. The minimum atomic E-state index is -0.436. The molecule has 0 saturated carbocycles. The number of hydrogen-bond donors (Lipinski definition) is 0. The Labute approximate surface area is 151 Å². The third kappa shape index (κ3) is 3.85. The number of ketones is 1. The number of ether oxygens (including phenoxy) is 2. The van der Waals surface area contributed by atoms with Gasteiger partial charge >= 0.3 is 5.97 Å². The second-order valence-corrected chi connectivity index (χ2v) is 7.38. The van der Waals surface area contributed by atoms with E-state index in [9.17, 15) is 9.59 Å². The minimum absolute atomic E-state index is 0.172. The molecule has 1 aliphatic heterocycles. The fourth-order valence-corrected chi connectivity index (χ4v) is 4.03. The lowest BCUT2D eigenvalue weighted by Crippen LogP contribution is -2.18. The van der Waals surface area contributed by atoms with Crippen molar-refractivity contribution in [1.29, 1.82) is 0 Å². The summed E-state index contributed by atoms with van der Waals surface area (Å²) in [5, 5.41) is 1.84. The zero-order valence-electron chi connectivity index (χ0n) is 14.8. The highest BCUT2D eigenvalue weighted by Crippen LogP contribution is 2.21. The lowest BCUT2D eigenvalue weighted by molar-refractivity contribution is 0.0478. The van der Waals surface area contributed by atoms with Crippen molar-refractivity contribution in [3.63, 3.8) is 0 Å². The van der Waals surface area contributed by atoms with Gasteiger partial charge in [-0.05, 0) is 56.7 Å². The van der Waals surface area contributed by atoms with Gasteiger partial charge in [0.05, 0.1) is 6.10 Å². The molecular formula is C19H23NO4S. The molecule has 0 aliphatic carbocycles. The molecule has 0 spiro atoms. The Bertz CT molecular complexity index is 783. The lowest BCUT2D eigenvalue weighted by Gasteiger charge is -2.14. The van der Waals surface area contributed by atoms with Crippen LogP contribution in [0, 0.1) is 20.8 Å². The van der Waals surface area contributed by atoms with Gasteiger partial charge in [0.1, 0.15) is 4.88 Å². The second kappa shape index (κ2) is 7.54. The quantitative estimate of drug-likeness (QED) is 0.582. The maximum absolute atomic E-state index is 12.5. The summed E-state index contributed by atoms with van der Waals surface area (Å²) >= 11 is 1.33. The molecule has 0 radical (unpaired) electrons. The number of carbonyl (C=O) groups is 2. The number of hydrogen-bond acceptors (Lipinski definition) is 5. The highest BCUT2D eigenvalue weighted by molar-refractivity contribution is 7.12. The molecule has 0 N–H and O–H groups in total. The van der Waals surface area contributed by atoms with Crippen LogP contribution in [0.5, 0.6) is 0 Å². The Balaban J connectivity index is 1.66. The maximum atomic E-state index is 12.5. The summed E-state index contributed by atoms with van der Waals surface area (Å²) in [6, 6.07) is 3.73. The van der Waals surface area contributed by atoms with Crippen LogP contribution in [0.15, 0.2) is 17.5 Å². The van der Waals surface area contributed by atoms with Crippen LogP contribution in [0.25, 0.3) is 0 Å². The summed E-state index contributed by atoms with van der Waals surface area (Å²) in [7, 11) is 0. The average molecular weight is 361 g/mol. The van der Waals surface area contributed by atoms with Crippen LogP contribution in [-0.4, -0.2) is 35.6 Å². The van der Waals surface area contributed by atoms with Gasteiger partial charge in [0.2, 0.25) is 5.78 Å². The summed E-state index contributed by atoms with van der Waals surface area (Å²) in [5.74, 6) is -0.608. The standard InChI is InChI=1S/C19H23NO4S/c1-12-6-8-25-18(12)19(22)24-11-17(21)16-9-13(2)20(14(16)3)10-15-5-4-7-23-15/h6,8-9,15H,4-5,7,10-11H2,1-3H3/t15-/m1/s1. The molecule has 2 aromatic heterocycles. The largest absolute Gasteiger partial charge is 0.453 e. The molecule has 6 heteroatoms. The Morgan fingerprint density at radius 2 is 2.16 bits per heavy atom. The van der Waals surface area contributed by atoms with Crippen LogP contribution in [0.1, 0.15) is 49.8 Å². The number of carbonyl (C=O) groups excluding carboxylic acids is 2. The fourth-order valence-electron chi connectivity index (χ4n) is 3.21. The molecular weight excluding hydrogens is 338 g/mol. The zero-order chi connectivity index (χ0) is 18.0. The number of aromatic nitrogens is 1. The predicted molar refractivity (Wildman–Crippen MR) is 96.5 cm³/mol. The second-order valence-electron chi connectivity index (χ2n) is 6.46. The summed E-state index contributed by atoms with van der Waals surface area (Å²) in [5.41, 5.74) is 3.42. The van der Waals surface area contributed by atoms with Crippen molar-refractivity contribution >= 4 is 23.1 Å². The van der Waals surface area contributed by atoms with Gasteiger partial charge < -0.3 is 14.0 Å². The molecule has 3 rings (SSSR count). The highest BCUT2D eigenvalue weighted by Gasteiger charge is 2.22. The number of Topliss-reactive ketones (excluding diaryl/α,β-unsaturated/α-hetero) is 1. The Kier molecular flexibility index (Phi) is 5.39. The monoisotopic (exact) mass is 361 g/mol. The van der Waals surface area contributed by atoms with E-state index >= 15 is 0 Å². The molecule has 1 atom stereocenters. The topological polar surface area (TPSA) is 57.5 Å². The molecule has 3 heterocycles. The van der Waals surface area contributed by atoms with Crippen molar-refractivity contribution in [2.75, 3.05) is 13.2 Å². The van der Waals surface area contributed by atoms with E-state index in [1.54, 1.807) is 0 Å². The number of esters is 1. The molecule has 0 bridgehead atoms. The van der Waals surface area contributed by atoms with Crippen molar-refractivity contribution in [2.45, 2.75) is 46.3 Å². The molecule has 0 amide bonds. The summed E-state index contributed by atoms with van der Waals surface area (Å²) in [4.78, 5) is 25.1. The third-order valence-corrected chi connectivity index (χ3v) is 5.66. The van der Waals surface area contributed by atoms with Crippen LogP contribution < -0.4 is 0 Å². The molecule has 0 unspecified atom stereocenters. The van der Waals surface area contributed by atoms with E-state index in [1.807, 2.05) is 38.3 Å². The summed E-state index contributed by atoms with van der Waals surface area (Å²) in [6.07, 6.45) is 2.36. The highest BCUT2D eigenvalue weighted by atomic mass is 32.1. The van der Waals surface area contributed by atoms with E-state index in [4.69, 9.17) is 9.47 Å². The lowest BCUT2D eigenvalue weighted by atomic mass is 10.1. The first-order chi connectivity index (χ1) is 12.0. The molecule has 0 aromatic carbocycles. The molecule has 5 nitrogen and oxygen atoms in total. The van der Waals surface area contributed by atoms with Crippen LogP contribution in [-0.2, 0) is 16.0 Å². The first-order valence-electron chi connectivity index (χ1n) is 8.50. The van der Waals surface area contributed by atoms with E-state index in [0.717, 1.165) is 42.9 Å². The van der Waals surface area contributed by atoms with Crippen molar-refractivity contribution in [3.8, 4) is 0 Å². The van der Waals surface area contributed by atoms with Gasteiger partial charge in [-0.15, -0.1) is 11.3 Å². The summed E-state index contributed by atoms with van der Waals surface area (Å²) < 4.78 is 13.0. The molecule has 1 aliphatic rings. The van der Waals surface area contributed by atoms with E-state index in [0.29, 0.717) is 10.4 Å². The van der Waals surface area contributed by atoms with E-state index in [1.165, 1.54) is 11.3 Å². The number of thiophene rings is 1. The zero-order valence-corrected chi connectivity index (χ0v) is 15.6. The van der Waals surface area contributed by atoms with Gasteiger partial charge in [0, 0.05) is 30.1 Å². The van der Waals surface area contributed by atoms with Gasteiger partial charge in [0.15, 0.2) is 6.61 Å². The van der Waals surface area contributed by atoms with Gasteiger partial charge in [-0.25, -0.2) is 4.79 Å². The van der Waals surface area contributed by atoms with Crippen molar-refractivity contribution in [3.05, 3.63) is 44.9 Å². The number of nitrogens with zero attached hydrogens (tertiary/aromatic N) is 1. The van der Waals surface area contributed by atoms with Crippen molar-refractivity contribution in [2.24, 2.45) is 0 Å². The van der Waals surface area contributed by atoms with Gasteiger partial charge in [-0.2, -0.15) is 0 Å². The van der Waals surface area contributed by atoms with Gasteiger partial charge in [-0.3, -0.25) is 4.79 Å². The average Bonchev–Trinajstić information content (AvgIpc) is 3.30. The SMILES string of the molecule is Cc1ccsc1C(=O)OCC(=O)c1cc(C)n(C[C@H]2CCCO2)c1C. The number of aryl methyl sites for hydroxylation is 2. The summed E-state index contributed by atoms with van der Waals surface area (Å²) in [6.45, 7) is 7.11. The van der Waals surface area contributed by atoms with Crippen molar-refractivity contribution < 1.29 is 19.1 Å². The molecule has 25 heavy (non-hydrogen) atoms. The van der Waals surface area contributed by atoms with Gasteiger partial charge in [-0.1, -0.05) is 0 Å². The normalized spacial score (nSPS) is 17.0. The van der Waals surface area contributed by atoms with Gasteiger partial charge in [0.25, 0.3) is 0 Å². The smallest absolute Gasteiger partial charge is 0.349 e. The maximum Gasteiger partial charge on any atom is 0.349 e. The number of rotatable bonds is 6. The molecule has 1 fully saturated rings. The minimum Gasteiger partial charge on any atom is -0.453 e. The van der Waals surface area contributed by atoms with Crippen LogP contribution >= 0.6 is 11.3 Å². The Hall–Kier alpha value is -1.92. The van der Waals surface area contributed by atoms with E-state index in [2.05, 4.69) is 4.57 Å².